The third kappa shape index (κ3) is 29.8. The number of hydrogen-bond acceptors (Lipinski definition) is 26. The molecule has 3 aromatic carbocycles. The summed E-state index contributed by atoms with van der Waals surface area (Å²) in [6, 6.07) is 5.34. The van der Waals surface area contributed by atoms with Gasteiger partial charge in [0.25, 0.3) is 17.7 Å². The predicted molar refractivity (Wildman–Crippen MR) is 498 cm³/mol. The molecule has 0 aliphatic carbocycles. The van der Waals surface area contributed by atoms with Crippen LogP contribution in [0.5, 0.6) is 5.75 Å². The van der Waals surface area contributed by atoms with Crippen molar-refractivity contribution in [2.75, 3.05) is 111 Å². The molecule has 9 fully saturated rings. The van der Waals surface area contributed by atoms with Crippen LogP contribution in [0.15, 0.2) is 68.2 Å². The number of urea groups is 3. The average Bonchev–Trinajstić information content (AvgIpc) is 1.58. The van der Waals surface area contributed by atoms with Gasteiger partial charge in [-0.15, -0.1) is 0 Å². The molecule has 6 aromatic rings. The standard InChI is InChI=1S/C34H43F6N5O7.C29H35F4N5O6.C22H23F4N5O5.C7H13BrO.C5H9F3O/c1-30(2,3)51-29(48)43-14-11-32(12-15-43)27(46)44(28(47)45(32)13-8-21-9-16-49-17-10-21)19-25-41-26(42-52-25)22-6-7-24(23(18-22)33(35,36)37)50-20-31(4,5)34(38,39)40;1-27(2,3)43-26(41)36-12-9-28(10-13-36)24(39)37(25(40)38(28)11-6-18-7-14-42-15-8-18)17-22-34-23(35-44-22)19-4-5-21(30)20(16-19)29(31,32)33;1-20(2,3)35-19(34)30-8-6-21(7-9-30)17(32)31(18(33)28-21)11-15-27-16(29-36-15)12-4-5-14(23)13(10-12)22(24,25)26;8-4-1-7-2-5-9-6-3-7;1-4(2,3-9)5(6,7)8/h6-7,18,21H,8-17,19-20H2,1-5H3;4-5,16,18H,6-15,17H2,1-3H3;4-5,10H,6-9,11H2,1-3H3,(H,28,33);7H,1-6H2;9H,3H2,1-2H3. The highest BCUT2D eigenvalue weighted by atomic mass is 79.9. The summed E-state index contributed by atoms with van der Waals surface area (Å²) < 4.78 is 276. The summed E-state index contributed by atoms with van der Waals surface area (Å²) in [5, 5.41) is 23.1. The Labute approximate surface area is 860 Å². The number of nitrogens with one attached hydrogen (secondary N) is 1. The van der Waals surface area contributed by atoms with Crippen LogP contribution in [0.4, 0.5) is 103 Å². The summed E-state index contributed by atoms with van der Waals surface area (Å²) in [6.45, 7) is 22.2. The first-order valence-corrected chi connectivity index (χ1v) is 49.8. The van der Waals surface area contributed by atoms with E-state index in [0.717, 1.165) is 117 Å². The first-order valence-electron chi connectivity index (χ1n) is 48.7. The monoisotopic (exact) mass is 2220 g/mol. The number of aliphatic hydroxyl groups is 1. The van der Waals surface area contributed by atoms with Gasteiger partial charge in [0, 0.05) is 114 Å². The van der Waals surface area contributed by atoms with Crippen LogP contribution in [0, 0.1) is 40.2 Å². The zero-order valence-electron chi connectivity index (χ0n) is 84.9. The number of nitrogens with zero attached hydrogens (tertiary/aromatic N) is 14. The summed E-state index contributed by atoms with van der Waals surface area (Å²) in [5.74, 6) is -5.11. The van der Waals surface area contributed by atoms with Gasteiger partial charge in [0.05, 0.1) is 34.1 Å². The number of hydrogen-bond donors (Lipinski definition) is 2. The van der Waals surface area contributed by atoms with Gasteiger partial charge in [0.15, 0.2) is 0 Å². The number of ether oxygens (including phenoxy) is 7. The van der Waals surface area contributed by atoms with Crippen LogP contribution in [0.1, 0.15) is 221 Å². The third-order valence-corrected chi connectivity index (χ3v) is 27.2. The van der Waals surface area contributed by atoms with E-state index in [-0.39, 0.29) is 142 Å². The van der Waals surface area contributed by atoms with Crippen molar-refractivity contribution in [1.82, 2.24) is 74.9 Å². The molecule has 150 heavy (non-hydrogen) atoms. The molecule has 832 valence electrons. The summed E-state index contributed by atoms with van der Waals surface area (Å²) in [4.78, 5) is 142. The van der Waals surface area contributed by atoms with Crippen LogP contribution >= 0.6 is 15.9 Å². The highest BCUT2D eigenvalue weighted by Crippen LogP contribution is 2.47. The molecule has 3 spiro atoms. The van der Waals surface area contributed by atoms with Gasteiger partial charge in [0.2, 0.25) is 35.1 Å². The lowest BCUT2D eigenvalue weighted by atomic mass is 9.85. The molecule has 0 radical (unpaired) electrons. The Kier molecular flexibility index (Phi) is 37.6. The van der Waals surface area contributed by atoms with Crippen LogP contribution in [-0.2, 0) is 81.0 Å². The molecule has 9 aliphatic heterocycles. The van der Waals surface area contributed by atoms with Gasteiger partial charge in [-0.1, -0.05) is 31.4 Å². The molecule has 53 heteroatoms. The molecule has 2 N–H and O–H groups in total. The number of piperidine rings is 3. The van der Waals surface area contributed by atoms with Crippen molar-refractivity contribution in [3.8, 4) is 39.9 Å². The summed E-state index contributed by atoms with van der Waals surface area (Å²) in [7, 11) is 0. The largest absolute Gasteiger partial charge is 0.492 e. The number of aromatic nitrogens is 6. The number of imide groups is 3. The van der Waals surface area contributed by atoms with E-state index in [4.69, 9.17) is 51.8 Å². The molecule has 12 amide bonds. The SMILES string of the molecule is BrCCC1CCOCC1.CC(C)(C)OC(=O)N1CCC2(CC1)C(=O)N(Cc1nc(-c3ccc(F)c(C(F)(F)F)c3)no1)C(=O)N2CCC1CCOCC1.CC(C)(C)OC(=O)N1CCC2(CC1)C(=O)N(Cc1nc(-c3ccc(OCC(C)(C)C(F)(F)F)c(C(F)(F)F)c3)no1)C(=O)N2CCC1CCOCC1.CC(C)(C)OC(=O)N1CCC2(CC1)NC(=O)N(Cc1nc(-c3ccc(F)c(C(F)(F)F)c3)no1)C2=O.CC(C)(CO)C(F)(F)F. The number of carbonyl (C=O) groups excluding carboxylic acids is 9. The Hall–Kier alpha value is -11.4. The highest BCUT2D eigenvalue weighted by molar-refractivity contribution is 9.09. The Balaban J connectivity index is 0.000000198. The predicted octanol–water partition coefficient (Wildman–Crippen LogP) is 19.8. The van der Waals surface area contributed by atoms with Crippen LogP contribution in [0.3, 0.4) is 0 Å². The second-order valence-electron chi connectivity index (χ2n) is 42.1. The lowest BCUT2D eigenvalue weighted by Crippen LogP contribution is -2.58. The Morgan fingerprint density at radius 3 is 1.05 bits per heavy atom. The first-order chi connectivity index (χ1) is 69.7. The lowest BCUT2D eigenvalue weighted by molar-refractivity contribution is -0.222. The maximum atomic E-state index is 14.1. The van der Waals surface area contributed by atoms with Gasteiger partial charge in [-0.05, 0) is 259 Å². The maximum absolute atomic E-state index is 14.1. The van der Waals surface area contributed by atoms with E-state index in [1.807, 2.05) is 0 Å². The van der Waals surface area contributed by atoms with E-state index in [2.05, 4.69) is 51.7 Å². The number of amides is 12. The Bertz CT molecular complexity index is 5670. The van der Waals surface area contributed by atoms with Crippen LogP contribution in [0.25, 0.3) is 34.2 Å². The topological polar surface area (TPSA) is 393 Å². The van der Waals surface area contributed by atoms with Crippen LogP contribution < -0.4 is 10.1 Å². The van der Waals surface area contributed by atoms with Gasteiger partial charge < -0.3 is 81.7 Å². The molecule has 35 nitrogen and oxygen atoms in total. The molecular weight excluding hydrogens is 2100 g/mol. The van der Waals surface area contributed by atoms with E-state index >= 15 is 0 Å². The van der Waals surface area contributed by atoms with Gasteiger partial charge >= 0.3 is 67.3 Å². The molecule has 0 bridgehead atoms. The Morgan fingerprint density at radius 2 is 0.740 bits per heavy atom. The maximum Gasteiger partial charge on any atom is 0.419 e. The van der Waals surface area contributed by atoms with Crippen molar-refractivity contribution in [3.05, 3.63) is 101 Å². The normalized spacial score (nSPS) is 19.0. The molecule has 3 aromatic heterocycles. The van der Waals surface area contributed by atoms with Gasteiger partial charge in [-0.2, -0.15) is 80.8 Å². The van der Waals surface area contributed by atoms with Crippen molar-refractivity contribution >= 4 is 70.0 Å². The molecule has 12 heterocycles. The van der Waals surface area contributed by atoms with Crippen LogP contribution in [0.2, 0.25) is 0 Å². The molecular formula is C97H123BrF17N15O20. The fourth-order valence-corrected chi connectivity index (χ4v) is 18.2. The number of aliphatic hydroxyl groups excluding tert-OH is 1. The van der Waals surface area contributed by atoms with Crippen molar-refractivity contribution in [1.29, 1.82) is 0 Å². The summed E-state index contributed by atoms with van der Waals surface area (Å²) in [6.07, 6.45) is -15.9. The molecule has 0 unspecified atom stereocenters. The number of alkyl halides is 16. The van der Waals surface area contributed by atoms with Crippen molar-refractivity contribution in [2.24, 2.45) is 28.6 Å². The first kappa shape index (κ1) is 119. The number of halogens is 18. The van der Waals surface area contributed by atoms with Crippen molar-refractivity contribution in [3.63, 3.8) is 0 Å². The Morgan fingerprint density at radius 1 is 0.427 bits per heavy atom. The zero-order valence-corrected chi connectivity index (χ0v) is 86.5. The van der Waals surface area contributed by atoms with Crippen molar-refractivity contribution < 1.29 is 170 Å². The van der Waals surface area contributed by atoms with E-state index in [9.17, 15) is 118 Å². The second kappa shape index (κ2) is 47.5. The van der Waals surface area contributed by atoms with E-state index in [0.29, 0.717) is 82.1 Å². The number of rotatable bonds is 21. The van der Waals surface area contributed by atoms with Crippen molar-refractivity contribution in [2.45, 2.75) is 270 Å². The van der Waals surface area contributed by atoms with E-state index in [1.54, 1.807) is 72.1 Å². The number of likely N-dealkylation sites (tertiary alicyclic amines) is 3. The minimum atomic E-state index is -5.00. The smallest absolute Gasteiger partial charge is 0.419 e. The lowest BCUT2D eigenvalue weighted by Gasteiger charge is -2.42. The highest BCUT2D eigenvalue weighted by Gasteiger charge is 2.62. The molecule has 9 saturated heterocycles. The fourth-order valence-electron chi connectivity index (χ4n) is 17.6. The van der Waals surface area contributed by atoms with E-state index < -0.39 is 196 Å². The quantitative estimate of drug-likeness (QED) is 0.0292. The molecule has 9 aliphatic rings. The summed E-state index contributed by atoms with van der Waals surface area (Å²) >= 11 is 3.44. The third-order valence-electron chi connectivity index (χ3n) is 26.7. The minimum absolute atomic E-state index is 0.142. The second-order valence-corrected chi connectivity index (χ2v) is 42.9. The molecule has 15 rings (SSSR count). The molecule has 0 saturated carbocycles. The van der Waals surface area contributed by atoms with E-state index in [1.165, 1.54) is 34.0 Å². The average molecular weight is 2220 g/mol. The van der Waals surface area contributed by atoms with Gasteiger partial charge in [-0.25, -0.2) is 37.5 Å². The molecule has 0 atom stereocenters. The summed E-state index contributed by atoms with van der Waals surface area (Å²) in [5.41, 5.74) is -14.9. The van der Waals surface area contributed by atoms with Gasteiger partial charge in [0.1, 0.15) is 77.0 Å². The minimum Gasteiger partial charge on any atom is -0.492 e. The number of benzene rings is 3. The van der Waals surface area contributed by atoms with Crippen LogP contribution in [-0.4, -0.2) is 285 Å². The zero-order chi connectivity index (χ0) is 111. The number of carbonyl (C=O) groups is 9. The fraction of sp³-hybridized carbons (Fsp3) is 0.660. The van der Waals surface area contributed by atoms with Gasteiger partial charge in [-0.3, -0.25) is 29.1 Å².